The van der Waals surface area contributed by atoms with Crippen molar-refractivity contribution in [2.75, 3.05) is 25.4 Å². The highest BCUT2D eigenvalue weighted by atomic mass is 32.2. The SMILES string of the molecule is O=C(CN1C[C@H](c2ccccc2)CC1=O)NCCSC1CCCCC1. The van der Waals surface area contributed by atoms with Crippen LogP contribution in [0, 0.1) is 0 Å². The molecule has 0 bridgehead atoms. The number of rotatable bonds is 7. The second-order valence-corrected chi connectivity index (χ2v) is 8.48. The largest absolute Gasteiger partial charge is 0.354 e. The highest BCUT2D eigenvalue weighted by Gasteiger charge is 2.31. The minimum absolute atomic E-state index is 0.0358. The quantitative estimate of drug-likeness (QED) is 0.760. The van der Waals surface area contributed by atoms with Gasteiger partial charge in [-0.15, -0.1) is 0 Å². The summed E-state index contributed by atoms with van der Waals surface area (Å²) < 4.78 is 0. The van der Waals surface area contributed by atoms with Gasteiger partial charge in [0.2, 0.25) is 11.8 Å². The van der Waals surface area contributed by atoms with E-state index in [0.717, 1.165) is 11.0 Å². The molecule has 1 aliphatic carbocycles. The number of hydrogen-bond acceptors (Lipinski definition) is 3. The predicted octanol–water partition coefficient (Wildman–Crippen LogP) is 3.18. The Labute approximate surface area is 154 Å². The van der Waals surface area contributed by atoms with Crippen molar-refractivity contribution in [3.8, 4) is 0 Å². The van der Waals surface area contributed by atoms with Gasteiger partial charge in [-0.1, -0.05) is 49.6 Å². The standard InChI is InChI=1S/C20H28N2O2S/c23-19(21-11-12-25-18-9-5-2-6-10-18)15-22-14-17(13-20(22)24)16-7-3-1-4-8-16/h1,3-4,7-8,17-18H,2,5-6,9-15H2,(H,21,23)/t17-/m1/s1. The van der Waals surface area contributed by atoms with Gasteiger partial charge in [0.15, 0.2) is 0 Å². The van der Waals surface area contributed by atoms with E-state index >= 15 is 0 Å². The van der Waals surface area contributed by atoms with Gasteiger partial charge < -0.3 is 10.2 Å². The number of nitrogens with zero attached hydrogens (tertiary/aromatic N) is 1. The van der Waals surface area contributed by atoms with Gasteiger partial charge in [-0.2, -0.15) is 11.8 Å². The Balaban J connectivity index is 1.35. The van der Waals surface area contributed by atoms with Crippen molar-refractivity contribution >= 4 is 23.6 Å². The first-order chi connectivity index (χ1) is 12.2. The number of nitrogens with one attached hydrogen (secondary N) is 1. The zero-order valence-electron chi connectivity index (χ0n) is 14.8. The van der Waals surface area contributed by atoms with E-state index in [1.54, 1.807) is 4.90 Å². The molecule has 25 heavy (non-hydrogen) atoms. The zero-order chi connectivity index (χ0) is 17.5. The van der Waals surface area contributed by atoms with Crippen LogP contribution in [0.3, 0.4) is 0 Å². The first-order valence-electron chi connectivity index (χ1n) is 9.43. The van der Waals surface area contributed by atoms with Gasteiger partial charge in [-0.3, -0.25) is 9.59 Å². The molecule has 1 aromatic carbocycles. The number of likely N-dealkylation sites (tertiary alicyclic amines) is 1. The molecular weight excluding hydrogens is 332 g/mol. The lowest BCUT2D eigenvalue weighted by Crippen LogP contribution is -2.38. The van der Waals surface area contributed by atoms with Crippen molar-refractivity contribution in [3.63, 3.8) is 0 Å². The molecule has 1 saturated heterocycles. The second-order valence-electron chi connectivity index (χ2n) is 7.07. The van der Waals surface area contributed by atoms with Crippen LogP contribution in [0.25, 0.3) is 0 Å². The molecule has 0 unspecified atom stereocenters. The van der Waals surface area contributed by atoms with Crippen LogP contribution < -0.4 is 5.32 Å². The minimum atomic E-state index is -0.0358. The number of carbonyl (C=O) groups excluding carboxylic acids is 2. The molecule has 0 aromatic heterocycles. The molecule has 1 heterocycles. The topological polar surface area (TPSA) is 49.4 Å². The maximum Gasteiger partial charge on any atom is 0.239 e. The molecule has 1 N–H and O–H groups in total. The van der Waals surface area contributed by atoms with Crippen LogP contribution in [0.5, 0.6) is 0 Å². The van der Waals surface area contributed by atoms with Gasteiger partial charge >= 0.3 is 0 Å². The first-order valence-corrected chi connectivity index (χ1v) is 10.5. The van der Waals surface area contributed by atoms with Crippen molar-refractivity contribution in [2.24, 2.45) is 0 Å². The summed E-state index contributed by atoms with van der Waals surface area (Å²) in [7, 11) is 0. The molecular formula is C20H28N2O2S. The maximum atomic E-state index is 12.2. The number of carbonyl (C=O) groups is 2. The molecule has 2 amide bonds. The summed E-state index contributed by atoms with van der Waals surface area (Å²) in [6.45, 7) is 1.54. The average molecular weight is 361 g/mol. The first kappa shape index (κ1) is 18.3. The molecule has 136 valence electrons. The Morgan fingerprint density at radius 3 is 2.68 bits per heavy atom. The fourth-order valence-corrected chi connectivity index (χ4v) is 4.97. The molecule has 3 rings (SSSR count). The molecule has 1 saturated carbocycles. The summed E-state index contributed by atoms with van der Waals surface area (Å²) in [5.74, 6) is 1.23. The van der Waals surface area contributed by atoms with E-state index in [9.17, 15) is 9.59 Å². The molecule has 1 atom stereocenters. The third-order valence-electron chi connectivity index (χ3n) is 5.15. The van der Waals surface area contributed by atoms with E-state index in [2.05, 4.69) is 17.4 Å². The summed E-state index contributed by atoms with van der Waals surface area (Å²) >= 11 is 1.99. The van der Waals surface area contributed by atoms with Crippen LogP contribution >= 0.6 is 11.8 Å². The maximum absolute atomic E-state index is 12.2. The van der Waals surface area contributed by atoms with Crippen LogP contribution in [0.15, 0.2) is 30.3 Å². The number of thioether (sulfide) groups is 1. The lowest BCUT2D eigenvalue weighted by molar-refractivity contribution is -0.133. The lowest BCUT2D eigenvalue weighted by Gasteiger charge is -2.21. The highest BCUT2D eigenvalue weighted by molar-refractivity contribution is 7.99. The monoisotopic (exact) mass is 360 g/mol. The second kappa shape index (κ2) is 9.27. The van der Waals surface area contributed by atoms with Crippen molar-refractivity contribution in [1.82, 2.24) is 10.2 Å². The van der Waals surface area contributed by atoms with Gasteiger partial charge in [0.1, 0.15) is 0 Å². The Hall–Kier alpha value is -1.49. The number of amides is 2. The molecule has 0 spiro atoms. The number of benzene rings is 1. The summed E-state index contributed by atoms with van der Waals surface area (Å²) in [6.07, 6.45) is 7.23. The fraction of sp³-hybridized carbons (Fsp3) is 0.600. The molecule has 4 nitrogen and oxygen atoms in total. The van der Waals surface area contributed by atoms with E-state index in [0.29, 0.717) is 19.5 Å². The van der Waals surface area contributed by atoms with Crippen LogP contribution in [-0.2, 0) is 9.59 Å². The molecule has 2 fully saturated rings. The van der Waals surface area contributed by atoms with Crippen LogP contribution in [0.1, 0.15) is 50.0 Å². The molecule has 1 aliphatic heterocycles. The number of hydrogen-bond donors (Lipinski definition) is 1. The van der Waals surface area contributed by atoms with E-state index < -0.39 is 0 Å². The van der Waals surface area contributed by atoms with Gasteiger partial charge in [-0.25, -0.2) is 0 Å². The lowest BCUT2D eigenvalue weighted by atomic mass is 9.99. The normalized spacial score (nSPS) is 21.5. The molecule has 0 radical (unpaired) electrons. The molecule has 5 heteroatoms. The average Bonchev–Trinajstić information content (AvgIpc) is 3.01. The van der Waals surface area contributed by atoms with Gasteiger partial charge in [-0.05, 0) is 18.4 Å². The summed E-state index contributed by atoms with van der Waals surface area (Å²) in [5, 5.41) is 3.75. The summed E-state index contributed by atoms with van der Waals surface area (Å²) in [6, 6.07) is 10.1. The van der Waals surface area contributed by atoms with Gasteiger partial charge in [0.25, 0.3) is 0 Å². The van der Waals surface area contributed by atoms with E-state index in [1.807, 2.05) is 30.0 Å². The third kappa shape index (κ3) is 5.50. The predicted molar refractivity (Wildman–Crippen MR) is 103 cm³/mol. The molecule has 2 aliphatic rings. The van der Waals surface area contributed by atoms with Gasteiger partial charge in [0, 0.05) is 36.4 Å². The summed E-state index contributed by atoms with van der Waals surface area (Å²) in [5.41, 5.74) is 1.18. The minimum Gasteiger partial charge on any atom is -0.354 e. The van der Waals surface area contributed by atoms with E-state index in [-0.39, 0.29) is 24.3 Å². The highest BCUT2D eigenvalue weighted by Crippen LogP contribution is 2.28. The zero-order valence-corrected chi connectivity index (χ0v) is 15.6. The Kier molecular flexibility index (Phi) is 6.79. The molecule has 1 aromatic rings. The Bertz CT molecular complexity index is 572. The Morgan fingerprint density at radius 1 is 1.16 bits per heavy atom. The van der Waals surface area contributed by atoms with Crippen molar-refractivity contribution in [2.45, 2.75) is 49.7 Å². The van der Waals surface area contributed by atoms with Crippen molar-refractivity contribution in [1.29, 1.82) is 0 Å². The third-order valence-corrected chi connectivity index (χ3v) is 6.53. The smallest absolute Gasteiger partial charge is 0.239 e. The van der Waals surface area contributed by atoms with Gasteiger partial charge in [0.05, 0.1) is 6.54 Å². The van der Waals surface area contributed by atoms with Crippen molar-refractivity contribution < 1.29 is 9.59 Å². The van der Waals surface area contributed by atoms with Crippen LogP contribution in [0.4, 0.5) is 0 Å². The van der Waals surface area contributed by atoms with E-state index in [1.165, 1.54) is 37.7 Å². The van der Waals surface area contributed by atoms with E-state index in [4.69, 9.17) is 0 Å². The van der Waals surface area contributed by atoms with Crippen molar-refractivity contribution in [3.05, 3.63) is 35.9 Å². The van der Waals surface area contributed by atoms with Crippen LogP contribution in [0.2, 0.25) is 0 Å². The summed E-state index contributed by atoms with van der Waals surface area (Å²) in [4.78, 5) is 26.0. The Morgan fingerprint density at radius 2 is 1.92 bits per heavy atom. The van der Waals surface area contributed by atoms with Crippen LogP contribution in [-0.4, -0.2) is 47.4 Å². The fourth-order valence-electron chi connectivity index (χ4n) is 3.75.